The molecule has 1 heterocycles. The van der Waals surface area contributed by atoms with Gasteiger partial charge in [-0.3, -0.25) is 4.79 Å². The van der Waals surface area contributed by atoms with E-state index < -0.39 is 0 Å². The van der Waals surface area contributed by atoms with Crippen molar-refractivity contribution in [3.8, 4) is 5.75 Å². The molecule has 0 N–H and O–H groups in total. The molecule has 1 aliphatic carbocycles. The number of rotatable bonds is 9. The lowest BCUT2D eigenvalue weighted by molar-refractivity contribution is -0.133. The zero-order valence-electron chi connectivity index (χ0n) is 16.6. The molecule has 1 amide bonds. The number of amides is 1. The third-order valence-electron chi connectivity index (χ3n) is 4.87. The van der Waals surface area contributed by atoms with Crippen LogP contribution in [0.5, 0.6) is 5.75 Å². The van der Waals surface area contributed by atoms with Crippen molar-refractivity contribution in [1.82, 2.24) is 9.88 Å². The Hall–Kier alpha value is -1.92. The van der Waals surface area contributed by atoms with Crippen molar-refractivity contribution in [3.63, 3.8) is 0 Å². The third kappa shape index (κ3) is 5.30. The molecule has 1 aromatic carbocycles. The summed E-state index contributed by atoms with van der Waals surface area (Å²) < 4.78 is 11.2. The number of thiazole rings is 1. The minimum Gasteiger partial charge on any atom is -0.486 e. The first kappa shape index (κ1) is 19.8. The van der Waals surface area contributed by atoms with Gasteiger partial charge in [-0.2, -0.15) is 0 Å². The Morgan fingerprint density at radius 2 is 2.07 bits per heavy atom. The van der Waals surface area contributed by atoms with Gasteiger partial charge in [0.1, 0.15) is 17.4 Å². The summed E-state index contributed by atoms with van der Waals surface area (Å²) in [6, 6.07) is 4.23. The Bertz CT molecular complexity index is 799. The van der Waals surface area contributed by atoms with Crippen LogP contribution in [0.1, 0.15) is 40.2 Å². The van der Waals surface area contributed by atoms with Gasteiger partial charge in [0.05, 0.1) is 18.8 Å². The van der Waals surface area contributed by atoms with E-state index in [0.29, 0.717) is 26.3 Å². The van der Waals surface area contributed by atoms with Crippen LogP contribution in [0.3, 0.4) is 0 Å². The van der Waals surface area contributed by atoms with Crippen molar-refractivity contribution in [2.45, 2.75) is 46.8 Å². The minimum absolute atomic E-state index is 0.204. The zero-order chi connectivity index (χ0) is 19.4. The topological polar surface area (TPSA) is 51.7 Å². The first-order valence-corrected chi connectivity index (χ1v) is 10.3. The molecule has 1 saturated carbocycles. The quantitative estimate of drug-likeness (QED) is 0.651. The molecule has 0 unspecified atom stereocenters. The highest BCUT2D eigenvalue weighted by molar-refractivity contribution is 7.09. The van der Waals surface area contributed by atoms with Crippen LogP contribution in [-0.4, -0.2) is 36.1 Å². The standard InChI is InChI=1S/C21H28N2O3S/c1-14-9-15(2)16(3)19(10-14)26-12-20-22-18(13-27-20)11-23(7-8-25-4)21(24)17-5-6-17/h9-10,13,17H,5-8,11-12H2,1-4H3. The summed E-state index contributed by atoms with van der Waals surface area (Å²) in [5.74, 6) is 1.34. The predicted octanol–water partition coefficient (Wildman–Crippen LogP) is 4.03. The van der Waals surface area contributed by atoms with E-state index in [0.717, 1.165) is 34.9 Å². The molecule has 27 heavy (non-hydrogen) atoms. The maximum absolute atomic E-state index is 12.5. The van der Waals surface area contributed by atoms with E-state index in [1.54, 1.807) is 18.4 Å². The molecule has 6 heteroatoms. The second-order valence-electron chi connectivity index (χ2n) is 7.25. The minimum atomic E-state index is 0.204. The lowest BCUT2D eigenvalue weighted by Gasteiger charge is -2.21. The van der Waals surface area contributed by atoms with Crippen molar-refractivity contribution in [2.24, 2.45) is 5.92 Å². The molecule has 2 aromatic rings. The van der Waals surface area contributed by atoms with Crippen LogP contribution >= 0.6 is 11.3 Å². The molecule has 1 aromatic heterocycles. The summed E-state index contributed by atoms with van der Waals surface area (Å²) in [5.41, 5.74) is 4.51. The van der Waals surface area contributed by atoms with E-state index in [2.05, 4.69) is 37.9 Å². The molecular formula is C21H28N2O3S. The number of aromatic nitrogens is 1. The summed E-state index contributed by atoms with van der Waals surface area (Å²) in [5, 5.41) is 2.95. The predicted molar refractivity (Wildman–Crippen MR) is 107 cm³/mol. The summed E-state index contributed by atoms with van der Waals surface area (Å²) in [6.45, 7) is 8.39. The van der Waals surface area contributed by atoms with Crippen molar-refractivity contribution in [2.75, 3.05) is 20.3 Å². The maximum atomic E-state index is 12.5. The van der Waals surface area contributed by atoms with Gasteiger partial charge in [0.25, 0.3) is 0 Å². The Morgan fingerprint density at radius 1 is 1.30 bits per heavy atom. The molecule has 5 nitrogen and oxygen atoms in total. The van der Waals surface area contributed by atoms with Crippen molar-refractivity contribution in [3.05, 3.63) is 44.9 Å². The lowest BCUT2D eigenvalue weighted by Crippen LogP contribution is -2.34. The highest BCUT2D eigenvalue weighted by Crippen LogP contribution is 2.31. The number of nitrogens with zero attached hydrogens (tertiary/aromatic N) is 2. The Morgan fingerprint density at radius 3 is 2.78 bits per heavy atom. The molecule has 0 spiro atoms. The van der Waals surface area contributed by atoms with Crippen LogP contribution in [0.2, 0.25) is 0 Å². The zero-order valence-corrected chi connectivity index (χ0v) is 17.4. The molecular weight excluding hydrogens is 360 g/mol. The summed E-state index contributed by atoms with van der Waals surface area (Å²) in [7, 11) is 1.66. The summed E-state index contributed by atoms with van der Waals surface area (Å²) >= 11 is 1.58. The number of benzene rings is 1. The van der Waals surface area contributed by atoms with Gasteiger partial charge in [-0.25, -0.2) is 4.98 Å². The largest absolute Gasteiger partial charge is 0.486 e. The highest BCUT2D eigenvalue weighted by Gasteiger charge is 2.33. The van der Waals surface area contributed by atoms with Crippen LogP contribution in [-0.2, 0) is 22.7 Å². The summed E-state index contributed by atoms with van der Waals surface area (Å²) in [6.07, 6.45) is 2.02. The van der Waals surface area contributed by atoms with E-state index in [1.807, 2.05) is 10.3 Å². The fraction of sp³-hybridized carbons (Fsp3) is 0.524. The number of methoxy groups -OCH3 is 1. The average Bonchev–Trinajstić information content (AvgIpc) is 3.40. The van der Waals surface area contributed by atoms with E-state index in [4.69, 9.17) is 9.47 Å². The van der Waals surface area contributed by atoms with Crippen LogP contribution < -0.4 is 4.74 Å². The van der Waals surface area contributed by atoms with Crippen LogP contribution in [0.4, 0.5) is 0 Å². The molecule has 0 bridgehead atoms. The third-order valence-corrected chi connectivity index (χ3v) is 5.74. The van der Waals surface area contributed by atoms with Crippen molar-refractivity contribution in [1.29, 1.82) is 0 Å². The van der Waals surface area contributed by atoms with Gasteiger partial charge < -0.3 is 14.4 Å². The fourth-order valence-corrected chi connectivity index (χ4v) is 3.73. The van der Waals surface area contributed by atoms with Crippen molar-refractivity contribution < 1.29 is 14.3 Å². The molecule has 146 valence electrons. The Labute approximate surface area is 165 Å². The normalized spacial score (nSPS) is 13.6. The van der Waals surface area contributed by atoms with Gasteiger partial charge in [-0.1, -0.05) is 6.07 Å². The number of carbonyl (C=O) groups excluding carboxylic acids is 1. The van der Waals surface area contributed by atoms with E-state index in [9.17, 15) is 4.79 Å². The molecule has 0 aliphatic heterocycles. The van der Waals surface area contributed by atoms with Gasteiger partial charge in [-0.15, -0.1) is 11.3 Å². The lowest BCUT2D eigenvalue weighted by atomic mass is 10.1. The molecule has 3 rings (SSSR count). The Kier molecular flexibility index (Phi) is 6.50. The molecule has 0 saturated heterocycles. The Balaban J connectivity index is 1.61. The average molecular weight is 389 g/mol. The molecule has 0 atom stereocenters. The van der Waals surface area contributed by atoms with Crippen LogP contribution in [0.25, 0.3) is 0 Å². The number of aryl methyl sites for hydroxylation is 2. The van der Waals surface area contributed by atoms with E-state index in [1.165, 1.54) is 11.1 Å². The summed E-state index contributed by atoms with van der Waals surface area (Å²) in [4.78, 5) is 19.0. The molecule has 0 radical (unpaired) electrons. The second kappa shape index (κ2) is 8.85. The van der Waals surface area contributed by atoms with E-state index in [-0.39, 0.29) is 11.8 Å². The van der Waals surface area contributed by atoms with Gasteiger partial charge in [0, 0.05) is 25.0 Å². The van der Waals surface area contributed by atoms with Crippen molar-refractivity contribution >= 4 is 17.2 Å². The molecule has 1 aliphatic rings. The SMILES string of the molecule is COCCN(Cc1csc(COc2cc(C)cc(C)c2C)n1)C(=O)C1CC1. The number of ether oxygens (including phenoxy) is 2. The number of hydrogen-bond acceptors (Lipinski definition) is 5. The molecule has 1 fully saturated rings. The van der Waals surface area contributed by atoms with E-state index >= 15 is 0 Å². The highest BCUT2D eigenvalue weighted by atomic mass is 32.1. The fourth-order valence-electron chi connectivity index (χ4n) is 3.03. The second-order valence-corrected chi connectivity index (χ2v) is 8.20. The van der Waals surface area contributed by atoms with Crippen LogP contribution in [0.15, 0.2) is 17.5 Å². The van der Waals surface area contributed by atoms with Gasteiger partial charge in [0.15, 0.2) is 0 Å². The van der Waals surface area contributed by atoms with Gasteiger partial charge >= 0.3 is 0 Å². The number of carbonyl (C=O) groups is 1. The monoisotopic (exact) mass is 388 g/mol. The first-order valence-electron chi connectivity index (χ1n) is 9.39. The maximum Gasteiger partial charge on any atom is 0.226 e. The van der Waals surface area contributed by atoms with Gasteiger partial charge in [0.2, 0.25) is 5.91 Å². The smallest absolute Gasteiger partial charge is 0.226 e. The van der Waals surface area contributed by atoms with Gasteiger partial charge in [-0.05, 0) is 56.4 Å². The van der Waals surface area contributed by atoms with Crippen LogP contribution in [0, 0.1) is 26.7 Å². The number of hydrogen-bond donors (Lipinski definition) is 0. The first-order chi connectivity index (χ1) is 13.0.